The van der Waals surface area contributed by atoms with Crippen LogP contribution in [0.5, 0.6) is 11.5 Å². The molecule has 0 aromatic heterocycles. The van der Waals surface area contributed by atoms with E-state index in [9.17, 15) is 9.59 Å². The molecule has 0 saturated carbocycles. The molecule has 0 radical (unpaired) electrons. The lowest BCUT2D eigenvalue weighted by molar-refractivity contribution is -0.129. The van der Waals surface area contributed by atoms with E-state index in [-0.39, 0.29) is 24.2 Å². The summed E-state index contributed by atoms with van der Waals surface area (Å²) >= 11 is 0. The number of methoxy groups -OCH3 is 2. The molecular weight excluding hydrogens is 392 g/mol. The van der Waals surface area contributed by atoms with Gasteiger partial charge in [0.05, 0.1) is 20.1 Å². The molecule has 1 N–H and O–H groups in total. The van der Waals surface area contributed by atoms with Gasteiger partial charge in [-0.15, -0.1) is 0 Å². The van der Waals surface area contributed by atoms with Crippen molar-refractivity contribution in [2.24, 2.45) is 5.92 Å². The lowest BCUT2D eigenvalue weighted by Crippen LogP contribution is -2.33. The topological polar surface area (TPSA) is 67.9 Å². The minimum absolute atomic E-state index is 0.0295. The van der Waals surface area contributed by atoms with Crippen molar-refractivity contribution in [1.82, 2.24) is 10.2 Å². The quantitative estimate of drug-likeness (QED) is 0.669. The lowest BCUT2D eigenvalue weighted by Gasteiger charge is -2.17. The van der Waals surface area contributed by atoms with Crippen LogP contribution in [-0.4, -0.2) is 44.0 Å². The second-order valence-corrected chi connectivity index (χ2v) is 8.29. The van der Waals surface area contributed by atoms with Crippen molar-refractivity contribution in [3.05, 3.63) is 59.2 Å². The van der Waals surface area contributed by atoms with Crippen molar-refractivity contribution in [3.8, 4) is 11.5 Å². The smallest absolute Gasteiger partial charge is 0.225 e. The van der Waals surface area contributed by atoms with E-state index in [1.807, 2.05) is 30.3 Å². The fourth-order valence-electron chi connectivity index (χ4n) is 3.82. The first-order chi connectivity index (χ1) is 14.9. The lowest BCUT2D eigenvalue weighted by atomic mass is 10.0. The van der Waals surface area contributed by atoms with E-state index >= 15 is 0 Å². The highest BCUT2D eigenvalue weighted by Crippen LogP contribution is 2.28. The van der Waals surface area contributed by atoms with Crippen molar-refractivity contribution in [1.29, 1.82) is 0 Å². The van der Waals surface area contributed by atoms with Crippen LogP contribution in [0.15, 0.2) is 42.5 Å². The van der Waals surface area contributed by atoms with E-state index < -0.39 is 0 Å². The predicted molar refractivity (Wildman–Crippen MR) is 120 cm³/mol. The molecule has 2 aromatic carbocycles. The van der Waals surface area contributed by atoms with Gasteiger partial charge >= 0.3 is 0 Å². The Hall–Kier alpha value is -3.02. The van der Waals surface area contributed by atoms with Crippen LogP contribution < -0.4 is 14.8 Å². The highest BCUT2D eigenvalue weighted by Gasteiger charge is 2.33. The largest absolute Gasteiger partial charge is 0.493 e. The molecule has 0 bridgehead atoms. The minimum Gasteiger partial charge on any atom is -0.493 e. The number of likely N-dealkylation sites (tertiary alicyclic amines) is 1. The molecule has 0 spiro atoms. The zero-order valence-corrected chi connectivity index (χ0v) is 18.8. The summed E-state index contributed by atoms with van der Waals surface area (Å²) in [5, 5.41) is 2.98. The standard InChI is InChI=1S/C25H32N2O4/c1-17(2)20-8-5-19(6-9-20)15-26-25(29)21-14-24(28)27(16-21)12-11-18-7-10-22(30-3)23(13-18)31-4/h5-10,13,17,21H,11-12,14-16H2,1-4H3,(H,26,29)/t21-/m1/s1. The molecule has 1 heterocycles. The summed E-state index contributed by atoms with van der Waals surface area (Å²) in [6.07, 6.45) is 0.965. The average Bonchev–Trinajstić information content (AvgIpc) is 3.16. The molecular formula is C25H32N2O4. The van der Waals surface area contributed by atoms with Crippen molar-refractivity contribution < 1.29 is 19.1 Å². The third-order valence-corrected chi connectivity index (χ3v) is 5.82. The Labute approximate surface area is 184 Å². The van der Waals surface area contributed by atoms with Crippen LogP contribution >= 0.6 is 0 Å². The Kier molecular flexibility index (Phi) is 7.55. The van der Waals surface area contributed by atoms with E-state index in [1.54, 1.807) is 19.1 Å². The third-order valence-electron chi connectivity index (χ3n) is 5.82. The number of nitrogens with one attached hydrogen (secondary N) is 1. The molecule has 3 rings (SSSR count). The summed E-state index contributed by atoms with van der Waals surface area (Å²) in [6, 6.07) is 14.0. The molecule has 1 atom stereocenters. The Morgan fingerprint density at radius 3 is 2.39 bits per heavy atom. The normalized spacial score (nSPS) is 16.0. The molecule has 6 heteroatoms. The number of nitrogens with zero attached hydrogens (tertiary/aromatic N) is 1. The van der Waals surface area contributed by atoms with E-state index in [1.165, 1.54) is 5.56 Å². The molecule has 166 valence electrons. The van der Waals surface area contributed by atoms with Gasteiger partial charge in [0.15, 0.2) is 11.5 Å². The first-order valence-electron chi connectivity index (χ1n) is 10.8. The maximum absolute atomic E-state index is 12.6. The van der Waals surface area contributed by atoms with Crippen molar-refractivity contribution in [2.75, 3.05) is 27.3 Å². The van der Waals surface area contributed by atoms with Crippen LogP contribution in [0.3, 0.4) is 0 Å². The Balaban J connectivity index is 1.49. The van der Waals surface area contributed by atoms with Crippen LogP contribution in [0, 0.1) is 5.92 Å². The molecule has 1 aliphatic rings. The average molecular weight is 425 g/mol. The van der Waals surface area contributed by atoms with Gasteiger partial charge in [0.1, 0.15) is 0 Å². The number of amides is 2. The van der Waals surface area contributed by atoms with Crippen LogP contribution in [0.25, 0.3) is 0 Å². The van der Waals surface area contributed by atoms with Gasteiger partial charge in [-0.2, -0.15) is 0 Å². The van der Waals surface area contributed by atoms with Crippen LogP contribution in [0.2, 0.25) is 0 Å². The monoisotopic (exact) mass is 424 g/mol. The van der Waals surface area contributed by atoms with E-state index in [4.69, 9.17) is 9.47 Å². The van der Waals surface area contributed by atoms with Gasteiger partial charge in [0.25, 0.3) is 0 Å². The Morgan fingerprint density at radius 1 is 1.06 bits per heavy atom. The third kappa shape index (κ3) is 5.78. The number of rotatable bonds is 9. The van der Waals surface area contributed by atoms with Crippen molar-refractivity contribution >= 4 is 11.8 Å². The Morgan fingerprint density at radius 2 is 1.74 bits per heavy atom. The van der Waals surface area contributed by atoms with Crippen LogP contribution in [0.4, 0.5) is 0 Å². The number of hydrogen-bond acceptors (Lipinski definition) is 4. The Bertz CT molecular complexity index is 908. The number of carbonyl (C=O) groups is 2. The SMILES string of the molecule is COc1ccc(CCN2C[C@H](C(=O)NCc3ccc(C(C)C)cc3)CC2=O)cc1OC. The highest BCUT2D eigenvalue weighted by atomic mass is 16.5. The molecule has 2 amide bonds. The number of carbonyl (C=O) groups excluding carboxylic acids is 2. The molecule has 1 fully saturated rings. The van der Waals surface area contributed by atoms with Gasteiger partial charge in [0, 0.05) is 26.1 Å². The summed E-state index contributed by atoms with van der Waals surface area (Å²) < 4.78 is 10.6. The van der Waals surface area contributed by atoms with Crippen molar-refractivity contribution in [2.45, 2.75) is 39.2 Å². The zero-order valence-electron chi connectivity index (χ0n) is 18.8. The highest BCUT2D eigenvalue weighted by molar-refractivity contribution is 5.89. The second kappa shape index (κ2) is 10.3. The molecule has 1 saturated heterocycles. The van der Waals surface area contributed by atoms with Crippen molar-refractivity contribution in [3.63, 3.8) is 0 Å². The van der Waals surface area contributed by atoms with E-state index in [0.717, 1.165) is 11.1 Å². The fourth-order valence-corrected chi connectivity index (χ4v) is 3.82. The van der Waals surface area contributed by atoms with E-state index in [0.29, 0.717) is 43.5 Å². The number of ether oxygens (including phenoxy) is 2. The van der Waals surface area contributed by atoms with Gasteiger partial charge in [-0.3, -0.25) is 9.59 Å². The summed E-state index contributed by atoms with van der Waals surface area (Å²) in [6.45, 7) is 5.84. The van der Waals surface area contributed by atoms with Gasteiger partial charge in [0.2, 0.25) is 11.8 Å². The number of benzene rings is 2. The molecule has 2 aromatic rings. The summed E-state index contributed by atoms with van der Waals surface area (Å²) in [7, 11) is 3.21. The molecule has 0 aliphatic carbocycles. The zero-order chi connectivity index (χ0) is 22.4. The molecule has 6 nitrogen and oxygen atoms in total. The first kappa shape index (κ1) is 22.7. The minimum atomic E-state index is -0.298. The second-order valence-electron chi connectivity index (χ2n) is 8.29. The molecule has 0 unspecified atom stereocenters. The molecule has 31 heavy (non-hydrogen) atoms. The van der Waals surface area contributed by atoms with Gasteiger partial charge in [-0.1, -0.05) is 44.2 Å². The maximum atomic E-state index is 12.6. The first-order valence-corrected chi connectivity index (χ1v) is 10.8. The van der Waals surface area contributed by atoms with E-state index in [2.05, 4.69) is 31.3 Å². The molecule has 1 aliphatic heterocycles. The number of hydrogen-bond donors (Lipinski definition) is 1. The summed E-state index contributed by atoms with van der Waals surface area (Å²) in [5.41, 5.74) is 3.40. The summed E-state index contributed by atoms with van der Waals surface area (Å²) in [5.74, 6) is 1.51. The predicted octanol–water partition coefficient (Wildman–Crippen LogP) is 3.53. The van der Waals surface area contributed by atoms with Gasteiger partial charge < -0.3 is 19.7 Å². The van der Waals surface area contributed by atoms with Crippen LogP contribution in [0.1, 0.15) is 42.9 Å². The van der Waals surface area contributed by atoms with Crippen LogP contribution in [-0.2, 0) is 22.6 Å². The van der Waals surface area contributed by atoms with Gasteiger partial charge in [-0.05, 0) is 41.2 Å². The maximum Gasteiger partial charge on any atom is 0.225 e. The fraction of sp³-hybridized carbons (Fsp3) is 0.440. The summed E-state index contributed by atoms with van der Waals surface area (Å²) in [4.78, 5) is 26.8. The van der Waals surface area contributed by atoms with Gasteiger partial charge in [-0.25, -0.2) is 0 Å².